The van der Waals surface area contributed by atoms with Crippen LogP contribution in [0.4, 0.5) is 0 Å². The summed E-state index contributed by atoms with van der Waals surface area (Å²) in [6.45, 7) is 5.67. The molecule has 10 heteroatoms. The van der Waals surface area contributed by atoms with Crippen molar-refractivity contribution >= 4 is 23.9 Å². The van der Waals surface area contributed by atoms with Crippen LogP contribution in [0.15, 0.2) is 121 Å². The molecule has 0 aromatic heterocycles. The highest BCUT2D eigenvalue weighted by Gasteiger charge is 2.16. The maximum atomic E-state index is 13.0. The van der Waals surface area contributed by atoms with Crippen molar-refractivity contribution in [2.75, 3.05) is 13.2 Å². The third-order valence-electron chi connectivity index (χ3n) is 9.54. The van der Waals surface area contributed by atoms with Crippen LogP contribution in [-0.4, -0.2) is 37.1 Å². The molecule has 0 aliphatic rings. The van der Waals surface area contributed by atoms with Gasteiger partial charge in [-0.15, -0.1) is 0 Å². The molecule has 0 bridgehead atoms. The quantitative estimate of drug-likeness (QED) is 0.0338. The van der Waals surface area contributed by atoms with Gasteiger partial charge < -0.3 is 28.4 Å². The third kappa shape index (κ3) is 15.1. The highest BCUT2D eigenvalue weighted by atomic mass is 16.6. The Kier molecular flexibility index (Phi) is 18.2. The number of unbranched alkanes of at least 4 members (excludes halogenated alkanes) is 10. The molecule has 5 rings (SSSR count). The highest BCUT2D eigenvalue weighted by Crippen LogP contribution is 2.23. The molecule has 0 N–H and O–H groups in total. The first kappa shape index (κ1) is 44.7. The molecule has 5 aromatic rings. The molecule has 0 heterocycles. The van der Waals surface area contributed by atoms with Crippen LogP contribution < -0.4 is 28.4 Å². The number of rotatable bonds is 24. The first-order chi connectivity index (χ1) is 29.3. The molecule has 314 valence electrons. The van der Waals surface area contributed by atoms with Crippen LogP contribution in [0.3, 0.4) is 0 Å². The van der Waals surface area contributed by atoms with Crippen molar-refractivity contribution in [3.05, 3.63) is 144 Å². The summed E-state index contributed by atoms with van der Waals surface area (Å²) in [5.41, 5.74) is 1.09. The lowest BCUT2D eigenvalue weighted by Gasteiger charge is -2.09. The molecule has 5 aromatic carbocycles. The van der Waals surface area contributed by atoms with E-state index in [2.05, 4.69) is 13.8 Å². The summed E-state index contributed by atoms with van der Waals surface area (Å²) in [6, 6.07) is 31.6. The van der Waals surface area contributed by atoms with E-state index in [1.165, 1.54) is 118 Å². The predicted octanol–water partition coefficient (Wildman–Crippen LogP) is 12.0. The monoisotopic (exact) mass is 814 g/mol. The Bertz CT molecular complexity index is 2090. The molecule has 0 saturated carbocycles. The zero-order chi connectivity index (χ0) is 42.4. The smallest absolute Gasteiger partial charge is 0.343 e. The Hall–Kier alpha value is -6.42. The minimum absolute atomic E-state index is 0.129. The second-order valence-corrected chi connectivity index (χ2v) is 14.4. The molecule has 0 aliphatic carbocycles. The van der Waals surface area contributed by atoms with Crippen molar-refractivity contribution in [2.45, 2.75) is 90.9 Å². The number of ether oxygens (including phenoxy) is 6. The van der Waals surface area contributed by atoms with Crippen molar-refractivity contribution in [2.24, 2.45) is 0 Å². The van der Waals surface area contributed by atoms with E-state index in [4.69, 9.17) is 28.4 Å². The van der Waals surface area contributed by atoms with Crippen LogP contribution in [0, 0.1) is 0 Å². The Morgan fingerprint density at radius 2 is 0.650 bits per heavy atom. The summed E-state index contributed by atoms with van der Waals surface area (Å²) in [5.74, 6) is -0.159. The fourth-order valence-corrected chi connectivity index (χ4v) is 6.10. The standard InChI is InChI=1S/C50H54O10/c1-3-5-7-9-11-13-34-55-41-24-18-37(19-25-41)47(51)57-43-28-22-39(23-29-43)49(53)60-46-17-15-16-40(36-46)50(54)59-45-32-30-44(31-33-45)58-48(52)38-20-26-42(27-21-38)56-35-14-12-10-8-6-4-2/h15-33,36H,3-14,34-35H2,1-2H3. The summed E-state index contributed by atoms with van der Waals surface area (Å²) >= 11 is 0. The van der Waals surface area contributed by atoms with Gasteiger partial charge in [0.15, 0.2) is 0 Å². The van der Waals surface area contributed by atoms with Gasteiger partial charge in [0, 0.05) is 0 Å². The molecule has 0 fully saturated rings. The van der Waals surface area contributed by atoms with Crippen LogP contribution in [0.2, 0.25) is 0 Å². The fourth-order valence-electron chi connectivity index (χ4n) is 6.10. The van der Waals surface area contributed by atoms with Crippen molar-refractivity contribution in [3.63, 3.8) is 0 Å². The second-order valence-electron chi connectivity index (χ2n) is 14.4. The first-order valence-corrected chi connectivity index (χ1v) is 21.0. The van der Waals surface area contributed by atoms with E-state index in [0.717, 1.165) is 25.7 Å². The van der Waals surface area contributed by atoms with Crippen LogP contribution in [-0.2, 0) is 0 Å². The minimum atomic E-state index is -0.682. The van der Waals surface area contributed by atoms with Gasteiger partial charge in [-0.3, -0.25) is 0 Å². The molecule has 0 aliphatic heterocycles. The Balaban J connectivity index is 1.03. The van der Waals surface area contributed by atoms with Gasteiger partial charge >= 0.3 is 23.9 Å². The Labute approximate surface area is 352 Å². The van der Waals surface area contributed by atoms with E-state index in [1.807, 2.05) is 0 Å². The molecule has 0 spiro atoms. The summed E-state index contributed by atoms with van der Waals surface area (Å²) in [7, 11) is 0. The van der Waals surface area contributed by atoms with Gasteiger partial charge in [0.05, 0.1) is 35.5 Å². The fraction of sp³-hybridized carbons (Fsp3) is 0.320. The van der Waals surface area contributed by atoms with E-state index in [-0.39, 0.29) is 34.1 Å². The predicted molar refractivity (Wildman–Crippen MR) is 230 cm³/mol. The summed E-state index contributed by atoms with van der Waals surface area (Å²) < 4.78 is 33.6. The number of benzene rings is 5. The first-order valence-electron chi connectivity index (χ1n) is 21.0. The third-order valence-corrected chi connectivity index (χ3v) is 9.54. The van der Waals surface area contributed by atoms with E-state index >= 15 is 0 Å². The second kappa shape index (κ2) is 24.5. The van der Waals surface area contributed by atoms with Gasteiger partial charge in [0.25, 0.3) is 0 Å². The Morgan fingerprint density at radius 1 is 0.333 bits per heavy atom. The number of hydrogen-bond acceptors (Lipinski definition) is 10. The van der Waals surface area contributed by atoms with Crippen LogP contribution in [0.25, 0.3) is 0 Å². The van der Waals surface area contributed by atoms with E-state index in [9.17, 15) is 19.2 Å². The van der Waals surface area contributed by atoms with Crippen LogP contribution >= 0.6 is 0 Å². The molecule has 0 atom stereocenters. The number of hydrogen-bond donors (Lipinski definition) is 0. The maximum absolute atomic E-state index is 13.0. The highest BCUT2D eigenvalue weighted by molar-refractivity contribution is 5.94. The van der Waals surface area contributed by atoms with Crippen molar-refractivity contribution in [1.29, 1.82) is 0 Å². The van der Waals surface area contributed by atoms with Gasteiger partial charge in [-0.25, -0.2) is 19.2 Å². The van der Waals surface area contributed by atoms with E-state index in [0.29, 0.717) is 35.8 Å². The summed E-state index contributed by atoms with van der Waals surface area (Å²) in [5, 5.41) is 0. The normalized spacial score (nSPS) is 10.7. The van der Waals surface area contributed by atoms with Gasteiger partial charge in [-0.05, 0) is 128 Å². The molecule has 0 unspecified atom stereocenters. The van der Waals surface area contributed by atoms with E-state index < -0.39 is 23.9 Å². The van der Waals surface area contributed by atoms with Crippen LogP contribution in [0.1, 0.15) is 132 Å². The van der Waals surface area contributed by atoms with Crippen molar-refractivity contribution < 1.29 is 47.6 Å². The lowest BCUT2D eigenvalue weighted by Crippen LogP contribution is -2.12. The SMILES string of the molecule is CCCCCCCCOc1ccc(C(=O)Oc2ccc(OC(=O)c3cccc(OC(=O)c4ccc(OC(=O)c5ccc(OCCCCCCCC)cc5)cc4)c3)cc2)cc1. The number of esters is 4. The Morgan fingerprint density at radius 3 is 1.05 bits per heavy atom. The lowest BCUT2D eigenvalue weighted by atomic mass is 10.1. The van der Waals surface area contributed by atoms with E-state index in [1.54, 1.807) is 54.6 Å². The largest absolute Gasteiger partial charge is 0.494 e. The zero-order valence-electron chi connectivity index (χ0n) is 34.5. The topological polar surface area (TPSA) is 124 Å². The summed E-state index contributed by atoms with van der Waals surface area (Å²) in [6.07, 6.45) is 14.2. The average Bonchev–Trinajstić information content (AvgIpc) is 3.27. The molecule has 0 radical (unpaired) electrons. The molecular weight excluding hydrogens is 761 g/mol. The number of carbonyl (C=O) groups excluding carboxylic acids is 4. The van der Waals surface area contributed by atoms with Crippen LogP contribution in [0.5, 0.6) is 34.5 Å². The van der Waals surface area contributed by atoms with Gasteiger partial charge in [0.1, 0.15) is 34.5 Å². The number of carbonyl (C=O) groups is 4. The molecule has 10 nitrogen and oxygen atoms in total. The van der Waals surface area contributed by atoms with Gasteiger partial charge in [0.2, 0.25) is 0 Å². The molecule has 60 heavy (non-hydrogen) atoms. The molecule has 0 saturated heterocycles. The van der Waals surface area contributed by atoms with Crippen molar-refractivity contribution in [1.82, 2.24) is 0 Å². The average molecular weight is 815 g/mol. The minimum Gasteiger partial charge on any atom is -0.494 e. The summed E-state index contributed by atoms with van der Waals surface area (Å²) in [4.78, 5) is 51.3. The molecular formula is C50H54O10. The van der Waals surface area contributed by atoms with Gasteiger partial charge in [-0.1, -0.05) is 84.1 Å². The molecule has 0 amide bonds. The zero-order valence-corrected chi connectivity index (χ0v) is 34.5. The van der Waals surface area contributed by atoms with Gasteiger partial charge in [-0.2, -0.15) is 0 Å². The lowest BCUT2D eigenvalue weighted by molar-refractivity contribution is 0.0713. The van der Waals surface area contributed by atoms with Crippen molar-refractivity contribution in [3.8, 4) is 34.5 Å². The maximum Gasteiger partial charge on any atom is 0.343 e.